The topological polar surface area (TPSA) is 282 Å². The van der Waals surface area contributed by atoms with E-state index in [9.17, 15) is 34.0 Å². The molecule has 250 valence electrons. The number of nitrogens with zero attached hydrogens (tertiary/aromatic N) is 6. The Morgan fingerprint density at radius 3 is 2.56 bits per heavy atom. The molecule has 0 radical (unpaired) electrons. The Labute approximate surface area is 280 Å². The number of fused-ring (bicyclic) bond motifs is 1. The number of carbonyl (C=O) groups is 5. The highest BCUT2D eigenvalue weighted by Gasteiger charge is 2.53. The van der Waals surface area contributed by atoms with E-state index in [-0.39, 0.29) is 46.2 Å². The molecule has 2 aromatic heterocycles. The quantitative estimate of drug-likeness (QED) is 0.0372. The van der Waals surface area contributed by atoms with Gasteiger partial charge in [0.2, 0.25) is 0 Å². The number of oxime groups is 1. The van der Waals surface area contributed by atoms with Crippen LogP contribution < -0.4 is 32.2 Å². The molecule has 4 rings (SSSR count). The summed E-state index contributed by atoms with van der Waals surface area (Å²) in [4.78, 5) is 86.1. The van der Waals surface area contributed by atoms with Gasteiger partial charge in [-0.1, -0.05) is 11.2 Å². The standard InChI is InChI=1S/C28H28N10O8S2/c1-13(2)46-36-19(17-12-48-28(31)32-17)24(41)34-20-25(42)38-21(27(43)44)15(11-47-26(20)38)4-3-7-37-8-5-14(6-9-37)22(39)33-18(30)10-16(29)23(40)35-45/h3-6,8-10,12-13,20,26H,7,11H2,1-2H3,(H7-,29,30,31,32,33,34,39,41,43,44)/b4-3+,36-19-/t20-,26-/m1/s1. The van der Waals surface area contributed by atoms with E-state index in [0.29, 0.717) is 5.57 Å². The molecule has 18 nitrogen and oxygen atoms in total. The van der Waals surface area contributed by atoms with Gasteiger partial charge in [0.15, 0.2) is 29.8 Å². The first-order valence-electron chi connectivity index (χ1n) is 13.8. The highest BCUT2D eigenvalue weighted by molar-refractivity contribution is 8.00. The molecule has 0 bridgehead atoms. The second-order valence-electron chi connectivity index (χ2n) is 10.2. The van der Waals surface area contributed by atoms with Crippen molar-refractivity contribution >= 4 is 69.4 Å². The number of nitroso groups, excluding NO2 is 1. The van der Waals surface area contributed by atoms with E-state index in [0.717, 1.165) is 22.3 Å². The number of allylic oxidation sites excluding steroid dienone is 2. The van der Waals surface area contributed by atoms with Gasteiger partial charge >= 0.3 is 5.91 Å². The van der Waals surface area contributed by atoms with E-state index in [4.69, 9.17) is 22.0 Å². The number of hydrogen-bond donors (Lipinski definition) is 4. The van der Waals surface area contributed by atoms with E-state index in [2.05, 4.69) is 25.6 Å². The number of aliphatic carboxylic acids is 1. The molecule has 7 N–H and O–H groups in total. The fourth-order valence-electron chi connectivity index (χ4n) is 4.25. The largest absolute Gasteiger partial charge is 0.543 e. The van der Waals surface area contributed by atoms with Crippen molar-refractivity contribution in [2.75, 3.05) is 11.5 Å². The van der Waals surface area contributed by atoms with Gasteiger partial charge in [-0.15, -0.1) is 28.0 Å². The Morgan fingerprint density at radius 2 is 1.96 bits per heavy atom. The van der Waals surface area contributed by atoms with E-state index in [1.54, 1.807) is 43.0 Å². The minimum absolute atomic E-state index is 0.154. The first-order valence-corrected chi connectivity index (χ1v) is 15.8. The Bertz CT molecular complexity index is 1810. The molecular weight excluding hydrogens is 669 g/mol. The van der Waals surface area contributed by atoms with E-state index >= 15 is 0 Å². The number of carbonyl (C=O) groups excluding carboxylic acids is 5. The van der Waals surface area contributed by atoms with Crippen LogP contribution in [0.4, 0.5) is 5.13 Å². The third-order valence-corrected chi connectivity index (χ3v) is 8.43. The predicted molar refractivity (Wildman–Crippen MR) is 171 cm³/mol. The molecule has 0 unspecified atom stereocenters. The third-order valence-electron chi connectivity index (χ3n) is 6.45. The Balaban J connectivity index is 1.42. The highest BCUT2D eigenvalue weighted by atomic mass is 32.2. The van der Waals surface area contributed by atoms with Crippen molar-refractivity contribution in [2.45, 2.75) is 37.9 Å². The molecule has 4 heterocycles. The lowest BCUT2D eigenvalue weighted by molar-refractivity contribution is -0.687. The van der Waals surface area contributed by atoms with Gasteiger partial charge in [0.25, 0.3) is 17.7 Å². The minimum atomic E-state index is -1.55. The monoisotopic (exact) mass is 696 g/mol. The van der Waals surface area contributed by atoms with Crippen LogP contribution in [0, 0.1) is 4.91 Å². The predicted octanol–water partition coefficient (Wildman–Crippen LogP) is -1.56. The summed E-state index contributed by atoms with van der Waals surface area (Å²) >= 11 is 2.35. The van der Waals surface area contributed by atoms with Crippen molar-refractivity contribution in [2.24, 2.45) is 26.8 Å². The van der Waals surface area contributed by atoms with Crippen LogP contribution in [-0.4, -0.2) is 74.3 Å². The molecule has 0 aromatic carbocycles. The van der Waals surface area contributed by atoms with Gasteiger partial charge in [-0.3, -0.25) is 24.1 Å². The average molecular weight is 697 g/mol. The number of hydrogen-bond acceptors (Lipinski definition) is 14. The Kier molecular flexibility index (Phi) is 11.1. The van der Waals surface area contributed by atoms with Gasteiger partial charge in [0, 0.05) is 34.5 Å². The van der Waals surface area contributed by atoms with Crippen molar-refractivity contribution in [3.63, 3.8) is 0 Å². The zero-order chi connectivity index (χ0) is 35.1. The average Bonchev–Trinajstić information content (AvgIpc) is 3.48. The summed E-state index contributed by atoms with van der Waals surface area (Å²) < 4.78 is 1.67. The second kappa shape index (κ2) is 15.2. The van der Waals surface area contributed by atoms with Gasteiger partial charge in [0.05, 0.1) is 17.2 Å². The maximum Gasteiger partial charge on any atom is 0.332 e. The molecule has 1 fully saturated rings. The molecule has 1 saturated heterocycles. The first kappa shape index (κ1) is 35.1. The molecule has 20 heteroatoms. The first-order chi connectivity index (χ1) is 22.8. The molecule has 2 aromatic rings. The number of aromatic nitrogens is 2. The number of amidine groups is 1. The van der Waals surface area contributed by atoms with Crippen LogP contribution in [0.1, 0.15) is 29.9 Å². The fraction of sp³-hybridized carbons (Fsp3) is 0.250. The number of anilines is 1. The van der Waals surface area contributed by atoms with Crippen LogP contribution >= 0.6 is 23.1 Å². The lowest BCUT2D eigenvalue weighted by atomic mass is 10.0. The fourth-order valence-corrected chi connectivity index (χ4v) is 6.12. The molecule has 0 spiro atoms. The van der Waals surface area contributed by atoms with Gasteiger partial charge in [-0.2, -0.15) is 4.99 Å². The molecule has 2 aliphatic heterocycles. The lowest BCUT2D eigenvalue weighted by Gasteiger charge is -2.50. The van der Waals surface area contributed by atoms with Gasteiger partial charge in [0.1, 0.15) is 34.7 Å². The normalized spacial score (nSPS) is 18.4. The molecule has 2 aliphatic rings. The summed E-state index contributed by atoms with van der Waals surface area (Å²) in [5.74, 6) is -5.13. The number of β-lactam (4-membered cyclic amide) rings is 1. The number of nitrogens with two attached hydrogens (primary N) is 3. The SMILES string of the molecule is CC(C)O/N=C(\C(=O)N[C@@H]1C(=O)N2C(C(=O)[O-])=C(/C=C/C[n+]3ccc(C(=O)N=C(N)/C=C(\N)C(=O)N=O)cc3)CS[C@H]12)c1csc(N)n1. The summed E-state index contributed by atoms with van der Waals surface area (Å²) in [6.45, 7) is 3.69. The number of nitrogens with one attached hydrogen (secondary N) is 1. The number of pyridine rings is 1. The minimum Gasteiger partial charge on any atom is -0.543 e. The number of thioether (sulfide) groups is 1. The molecule has 4 amide bonds. The van der Waals surface area contributed by atoms with Crippen molar-refractivity contribution in [3.8, 4) is 0 Å². The maximum atomic E-state index is 13.1. The number of amides is 4. The van der Waals surface area contributed by atoms with Crippen LogP contribution in [0.25, 0.3) is 0 Å². The summed E-state index contributed by atoms with van der Waals surface area (Å²) in [6.07, 6.45) is 6.83. The number of nitrogen functional groups attached to an aromatic ring is 1. The summed E-state index contributed by atoms with van der Waals surface area (Å²) in [7, 11) is 0. The number of rotatable bonds is 12. The number of carboxylic acids is 1. The van der Waals surface area contributed by atoms with Crippen LogP contribution in [0.3, 0.4) is 0 Å². The smallest absolute Gasteiger partial charge is 0.332 e. The molecule has 48 heavy (non-hydrogen) atoms. The zero-order valence-corrected chi connectivity index (χ0v) is 26.9. The molecule has 0 aliphatic carbocycles. The van der Waals surface area contributed by atoms with E-state index in [1.165, 1.54) is 29.3 Å². The van der Waals surface area contributed by atoms with E-state index in [1.807, 2.05) is 0 Å². The summed E-state index contributed by atoms with van der Waals surface area (Å²) in [6, 6.07) is 1.86. The summed E-state index contributed by atoms with van der Waals surface area (Å²) in [5, 5.41) is 21.8. The Hall–Kier alpha value is -5.76. The molecule has 2 atom stereocenters. The van der Waals surface area contributed by atoms with Crippen molar-refractivity contribution in [1.29, 1.82) is 0 Å². The number of carboxylic acid groups (broad SMARTS) is 1. The maximum absolute atomic E-state index is 13.1. The van der Waals surface area contributed by atoms with Gasteiger partial charge in [-0.25, -0.2) is 9.55 Å². The van der Waals surface area contributed by atoms with Crippen molar-refractivity contribution < 1.29 is 38.5 Å². The number of aliphatic imine (C=N–C) groups is 1. The molecule has 0 saturated carbocycles. The highest BCUT2D eigenvalue weighted by Crippen LogP contribution is 2.40. The van der Waals surface area contributed by atoms with E-state index < -0.39 is 52.5 Å². The molecular formula is C28H28N10O8S2. The Morgan fingerprint density at radius 1 is 1.25 bits per heavy atom. The van der Waals surface area contributed by atoms with Crippen LogP contribution in [0.2, 0.25) is 0 Å². The van der Waals surface area contributed by atoms with Gasteiger partial charge in [-0.05, 0) is 25.5 Å². The van der Waals surface area contributed by atoms with Gasteiger partial charge < -0.3 is 37.3 Å². The number of thiazole rings is 1. The third kappa shape index (κ3) is 8.14. The lowest BCUT2D eigenvalue weighted by Crippen LogP contribution is -2.71. The van der Waals surface area contributed by atoms with Crippen molar-refractivity contribution in [1.82, 2.24) is 15.2 Å². The van der Waals surface area contributed by atoms with Crippen LogP contribution in [0.5, 0.6) is 0 Å². The van der Waals surface area contributed by atoms with Crippen molar-refractivity contribution in [3.05, 3.63) is 81.3 Å². The summed E-state index contributed by atoms with van der Waals surface area (Å²) in [5.41, 5.74) is 16.2. The van der Waals surface area contributed by atoms with Crippen LogP contribution in [0.15, 0.2) is 80.4 Å². The zero-order valence-electron chi connectivity index (χ0n) is 25.3. The second-order valence-corrected chi connectivity index (χ2v) is 12.2. The van der Waals surface area contributed by atoms with Crippen LogP contribution in [-0.2, 0) is 30.6 Å².